The number of hydrogen-bond donors (Lipinski definition) is 0. The molecule has 0 atom stereocenters. The number of para-hydroxylation sites is 4. The lowest BCUT2D eigenvalue weighted by atomic mass is 9.49. The average molecular weight is 799 g/mol. The second-order valence-electron chi connectivity index (χ2n) is 18.4. The molecule has 0 unspecified atom stereocenters. The van der Waals surface area contributed by atoms with Gasteiger partial charge < -0.3 is 9.80 Å². The fourth-order valence-electron chi connectivity index (χ4n) is 11.0. The van der Waals surface area contributed by atoms with Crippen molar-refractivity contribution < 1.29 is 8.78 Å². The number of halogens is 2. The molecule has 0 aromatic heterocycles. The summed E-state index contributed by atoms with van der Waals surface area (Å²) >= 11 is 0. The summed E-state index contributed by atoms with van der Waals surface area (Å²) in [5.74, 6) is -0.561. The molecule has 61 heavy (non-hydrogen) atoms. The van der Waals surface area contributed by atoms with E-state index in [1.165, 1.54) is 45.2 Å². The minimum Gasteiger partial charge on any atom is -0.308 e. The van der Waals surface area contributed by atoms with Crippen LogP contribution >= 0.6 is 0 Å². The Hall–Kier alpha value is -6.78. The summed E-state index contributed by atoms with van der Waals surface area (Å²) in [6.45, 7) is 14.3. The molecule has 0 bridgehead atoms. The van der Waals surface area contributed by atoms with Crippen LogP contribution in [0, 0.1) is 22.5 Å². The summed E-state index contributed by atoms with van der Waals surface area (Å²) in [4.78, 5) is 4.03. The quantitative estimate of drug-likeness (QED) is 0.155. The minimum atomic E-state index is -0.464. The van der Waals surface area contributed by atoms with E-state index in [9.17, 15) is 0 Å². The van der Waals surface area contributed by atoms with E-state index in [1.54, 1.807) is 12.1 Å². The summed E-state index contributed by atoms with van der Waals surface area (Å²) in [5, 5.41) is 6.89. The van der Waals surface area contributed by atoms with Crippen LogP contribution < -0.4 is 9.80 Å². The summed E-state index contributed by atoms with van der Waals surface area (Å²) in [7, 11) is 0. The van der Waals surface area contributed by atoms with Gasteiger partial charge in [0.05, 0.1) is 11.4 Å². The Bertz CT molecular complexity index is 3130. The van der Waals surface area contributed by atoms with Gasteiger partial charge in [0.2, 0.25) is 0 Å². The molecule has 2 nitrogen and oxygen atoms in total. The number of benzene rings is 9. The zero-order chi connectivity index (χ0) is 42.3. The molecule has 9 aromatic carbocycles. The lowest BCUT2D eigenvalue weighted by molar-refractivity contribution is 0.0965. The lowest BCUT2D eigenvalue weighted by Crippen LogP contribution is -2.50. The second kappa shape index (κ2) is 14.2. The highest BCUT2D eigenvalue weighted by Crippen LogP contribution is 2.68. The highest BCUT2D eigenvalue weighted by atomic mass is 19.1. The van der Waals surface area contributed by atoms with Crippen molar-refractivity contribution in [2.45, 2.75) is 47.0 Å². The molecule has 0 aliphatic heterocycles. The number of hydrogen-bond acceptors (Lipinski definition) is 2. The van der Waals surface area contributed by atoms with Crippen LogP contribution in [0.2, 0.25) is 0 Å². The number of rotatable bonds is 6. The van der Waals surface area contributed by atoms with Crippen LogP contribution in [-0.2, 0) is 5.41 Å². The first kappa shape index (κ1) is 38.4. The summed E-state index contributed by atoms with van der Waals surface area (Å²) in [6.07, 6.45) is 0. The second-order valence-corrected chi connectivity index (χ2v) is 18.4. The van der Waals surface area contributed by atoms with Gasteiger partial charge in [-0.3, -0.25) is 0 Å². The van der Waals surface area contributed by atoms with Crippen molar-refractivity contribution >= 4 is 66.4 Å². The van der Waals surface area contributed by atoms with Crippen LogP contribution in [0.5, 0.6) is 0 Å². The monoisotopic (exact) mass is 798 g/mol. The van der Waals surface area contributed by atoms with Gasteiger partial charge >= 0.3 is 0 Å². The third-order valence-corrected chi connectivity index (χ3v) is 13.0. The maximum atomic E-state index is 15.8. The van der Waals surface area contributed by atoms with Gasteiger partial charge in [0, 0.05) is 28.2 Å². The molecule has 0 saturated carbocycles. The van der Waals surface area contributed by atoms with Crippen LogP contribution in [0.1, 0.15) is 52.7 Å². The first-order valence-electron chi connectivity index (χ1n) is 21.2. The number of nitrogens with zero attached hydrogens (tertiary/aromatic N) is 2. The fourth-order valence-corrected chi connectivity index (χ4v) is 11.0. The molecule has 0 radical (unpaired) electrons. The van der Waals surface area contributed by atoms with Gasteiger partial charge in [0.1, 0.15) is 11.6 Å². The van der Waals surface area contributed by atoms with Crippen molar-refractivity contribution in [3.63, 3.8) is 0 Å². The average Bonchev–Trinajstić information content (AvgIpc) is 3.57. The largest absolute Gasteiger partial charge is 0.308 e. The normalized spacial score (nSPS) is 13.4. The van der Waals surface area contributed by atoms with E-state index in [0.29, 0.717) is 11.4 Å². The lowest BCUT2D eigenvalue weighted by Gasteiger charge is -2.53. The van der Waals surface area contributed by atoms with E-state index in [-0.39, 0.29) is 22.5 Å². The van der Waals surface area contributed by atoms with Gasteiger partial charge in [0.15, 0.2) is 0 Å². The first-order valence-corrected chi connectivity index (χ1v) is 21.2. The summed E-state index contributed by atoms with van der Waals surface area (Å²) < 4.78 is 31.5. The highest BCUT2D eigenvalue weighted by Gasteiger charge is 2.58. The maximum absolute atomic E-state index is 15.8. The molecule has 1 aliphatic carbocycles. The Kier molecular flexibility index (Phi) is 8.92. The Balaban J connectivity index is 1.27. The maximum Gasteiger partial charge on any atom is 0.147 e. The van der Waals surface area contributed by atoms with Gasteiger partial charge in [-0.1, -0.05) is 139 Å². The highest BCUT2D eigenvalue weighted by molar-refractivity contribution is 6.20. The first-order chi connectivity index (χ1) is 29.4. The van der Waals surface area contributed by atoms with Crippen LogP contribution in [0.15, 0.2) is 182 Å². The molecule has 0 saturated heterocycles. The zero-order valence-corrected chi connectivity index (χ0v) is 35.5. The van der Waals surface area contributed by atoms with Crippen LogP contribution in [0.4, 0.5) is 42.9 Å². The minimum absolute atomic E-state index is 0.253. The van der Waals surface area contributed by atoms with E-state index >= 15 is 8.78 Å². The van der Waals surface area contributed by atoms with Crippen molar-refractivity contribution in [1.29, 1.82) is 0 Å². The van der Waals surface area contributed by atoms with Gasteiger partial charge in [-0.25, -0.2) is 8.78 Å². The van der Waals surface area contributed by atoms with Gasteiger partial charge in [-0.05, 0) is 150 Å². The third kappa shape index (κ3) is 5.87. The third-order valence-electron chi connectivity index (χ3n) is 13.0. The van der Waals surface area contributed by atoms with E-state index in [2.05, 4.69) is 114 Å². The van der Waals surface area contributed by atoms with Gasteiger partial charge in [-0.15, -0.1) is 0 Å². The Morgan fingerprint density at radius 1 is 0.393 bits per heavy atom. The molecule has 9 aromatic rings. The summed E-state index contributed by atoms with van der Waals surface area (Å²) in [6, 6.07) is 60.9. The molecule has 0 N–H and O–H groups in total. The standard InChI is InChI=1S/C57H48F2N2/c1-55(2,3)57(56(4,5)6)48-35-38-33-41(60(39-19-9-7-10-20-39)51-27-17-15-25-49(51)58)30-29-37(38)34-47(48)53-44-24-14-13-23-43(44)46-36-42(31-32-45(46)54(53)57)61(40-21-11-8-12-22-40)52-28-18-16-26-50(52)59/h7-36H,1-6H3. The Morgan fingerprint density at radius 2 is 0.885 bits per heavy atom. The molecule has 4 heteroatoms. The number of anilines is 6. The van der Waals surface area contributed by atoms with E-state index in [0.717, 1.165) is 44.3 Å². The van der Waals surface area contributed by atoms with Crippen molar-refractivity contribution in [3.8, 4) is 11.1 Å². The van der Waals surface area contributed by atoms with Crippen molar-refractivity contribution in [2.24, 2.45) is 10.8 Å². The smallest absolute Gasteiger partial charge is 0.147 e. The molecule has 0 spiro atoms. The molecule has 300 valence electrons. The predicted octanol–water partition coefficient (Wildman–Crippen LogP) is 16.7. The SMILES string of the molecule is CC(C)(C)C1(C(C)(C)C)c2cc3cc(N(c4ccccc4)c4ccccc4F)ccc3cc2-c2c1c1ccc(N(c3ccccc3)c3ccccc3F)cc1c1ccccc21. The van der Waals surface area contributed by atoms with Crippen molar-refractivity contribution in [1.82, 2.24) is 0 Å². The number of fused-ring (bicyclic) bond motifs is 9. The van der Waals surface area contributed by atoms with E-state index < -0.39 is 5.41 Å². The van der Waals surface area contributed by atoms with Crippen LogP contribution in [0.3, 0.4) is 0 Å². The molecular weight excluding hydrogens is 751 g/mol. The molecule has 10 rings (SSSR count). The molecule has 1 aliphatic rings. The van der Waals surface area contributed by atoms with E-state index in [4.69, 9.17) is 0 Å². The van der Waals surface area contributed by atoms with Gasteiger partial charge in [0.25, 0.3) is 0 Å². The zero-order valence-electron chi connectivity index (χ0n) is 35.5. The van der Waals surface area contributed by atoms with Crippen LogP contribution in [0.25, 0.3) is 43.4 Å². The van der Waals surface area contributed by atoms with Gasteiger partial charge in [-0.2, -0.15) is 0 Å². The molecule has 0 amide bonds. The molecule has 0 heterocycles. The molecular formula is C57H48F2N2. The van der Waals surface area contributed by atoms with Crippen molar-refractivity contribution in [2.75, 3.05) is 9.80 Å². The van der Waals surface area contributed by atoms with E-state index in [1.807, 2.05) is 94.7 Å². The van der Waals surface area contributed by atoms with Crippen molar-refractivity contribution in [3.05, 3.63) is 205 Å². The van der Waals surface area contributed by atoms with Crippen LogP contribution in [-0.4, -0.2) is 0 Å². The Labute approximate surface area is 357 Å². The summed E-state index contributed by atoms with van der Waals surface area (Å²) in [5.41, 5.74) is 8.71. The Morgan fingerprint density at radius 3 is 1.44 bits per heavy atom. The fraction of sp³-hybridized carbons (Fsp3) is 0.158. The topological polar surface area (TPSA) is 6.48 Å². The molecule has 0 fully saturated rings. The predicted molar refractivity (Wildman–Crippen MR) is 253 cm³/mol.